The fourth-order valence-electron chi connectivity index (χ4n) is 3.56. The second kappa shape index (κ2) is 5.93. The van der Waals surface area contributed by atoms with Crippen molar-refractivity contribution in [2.24, 2.45) is 5.92 Å². The maximum Gasteiger partial charge on any atom is 0.244 e. The SMILES string of the molecule is Cc1cc(-c2cc(S(=O)(=O)N3CC[C@@H]4CC(=O)N[C@@H]4C3)c(C)s2)on1. The van der Waals surface area contributed by atoms with Gasteiger partial charge in [-0.15, -0.1) is 11.3 Å². The molecule has 2 saturated heterocycles. The van der Waals surface area contributed by atoms with Crippen molar-refractivity contribution in [2.45, 2.75) is 37.6 Å². The van der Waals surface area contributed by atoms with Crippen LogP contribution in [-0.4, -0.2) is 42.9 Å². The normalized spacial score (nSPS) is 24.3. The maximum atomic E-state index is 13.1. The Balaban J connectivity index is 1.62. The number of rotatable bonds is 3. The smallest absolute Gasteiger partial charge is 0.244 e. The van der Waals surface area contributed by atoms with Gasteiger partial charge in [-0.25, -0.2) is 8.42 Å². The molecule has 2 aliphatic rings. The number of carbonyl (C=O) groups is 1. The number of hydrogen-bond donors (Lipinski definition) is 1. The molecule has 0 unspecified atom stereocenters. The minimum atomic E-state index is -3.60. The summed E-state index contributed by atoms with van der Waals surface area (Å²) in [5, 5.41) is 6.75. The Labute approximate surface area is 150 Å². The van der Waals surface area contributed by atoms with E-state index in [-0.39, 0.29) is 17.9 Å². The molecule has 2 atom stereocenters. The van der Waals surface area contributed by atoms with Crippen molar-refractivity contribution in [3.63, 3.8) is 0 Å². The van der Waals surface area contributed by atoms with E-state index in [0.29, 0.717) is 36.6 Å². The van der Waals surface area contributed by atoms with E-state index in [2.05, 4.69) is 10.5 Å². The second-order valence-electron chi connectivity index (χ2n) is 6.65. The summed E-state index contributed by atoms with van der Waals surface area (Å²) < 4.78 is 32.9. The van der Waals surface area contributed by atoms with Crippen molar-refractivity contribution in [1.82, 2.24) is 14.8 Å². The molecule has 9 heteroatoms. The lowest BCUT2D eigenvalue weighted by atomic mass is 9.94. The van der Waals surface area contributed by atoms with Crippen LogP contribution in [0, 0.1) is 19.8 Å². The molecule has 1 amide bonds. The van der Waals surface area contributed by atoms with Gasteiger partial charge in [0.25, 0.3) is 0 Å². The highest BCUT2D eigenvalue weighted by Crippen LogP contribution is 2.36. The Bertz CT molecular complexity index is 931. The lowest BCUT2D eigenvalue weighted by Crippen LogP contribution is -2.49. The van der Waals surface area contributed by atoms with Crippen LogP contribution in [0.25, 0.3) is 10.6 Å². The molecule has 0 aromatic carbocycles. The molecular weight excluding hydrogens is 362 g/mol. The Morgan fingerprint density at radius 2 is 2.16 bits per heavy atom. The summed E-state index contributed by atoms with van der Waals surface area (Å²) in [5.41, 5.74) is 0.754. The van der Waals surface area contributed by atoms with Gasteiger partial charge in [-0.3, -0.25) is 4.79 Å². The Hall–Kier alpha value is -1.71. The second-order valence-corrected chi connectivity index (χ2v) is 9.82. The first-order valence-corrected chi connectivity index (χ1v) is 10.4. The van der Waals surface area contributed by atoms with E-state index in [4.69, 9.17) is 4.52 Å². The molecule has 2 aliphatic heterocycles. The van der Waals surface area contributed by atoms with Crippen LogP contribution in [0.5, 0.6) is 0 Å². The highest BCUT2D eigenvalue weighted by atomic mass is 32.2. The van der Waals surface area contributed by atoms with E-state index < -0.39 is 10.0 Å². The fraction of sp³-hybridized carbons (Fsp3) is 0.500. The Morgan fingerprint density at radius 1 is 1.36 bits per heavy atom. The summed E-state index contributed by atoms with van der Waals surface area (Å²) in [7, 11) is -3.60. The molecule has 0 bridgehead atoms. The lowest BCUT2D eigenvalue weighted by molar-refractivity contribution is -0.119. The number of carbonyl (C=O) groups excluding carboxylic acids is 1. The predicted octanol–water partition coefficient (Wildman–Crippen LogP) is 1.92. The molecule has 7 nitrogen and oxygen atoms in total. The van der Waals surface area contributed by atoms with Gasteiger partial charge in [0.1, 0.15) is 0 Å². The summed E-state index contributed by atoms with van der Waals surface area (Å²) in [5.74, 6) is 0.841. The van der Waals surface area contributed by atoms with Gasteiger partial charge in [0.05, 0.1) is 15.5 Å². The number of piperidine rings is 1. The highest BCUT2D eigenvalue weighted by Gasteiger charge is 2.41. The van der Waals surface area contributed by atoms with Crippen molar-refractivity contribution in [3.05, 3.63) is 22.7 Å². The third-order valence-corrected chi connectivity index (χ3v) is 8.06. The number of aromatic nitrogens is 1. The van der Waals surface area contributed by atoms with Gasteiger partial charge in [-0.1, -0.05) is 5.16 Å². The average molecular weight is 381 g/mol. The number of sulfonamides is 1. The minimum absolute atomic E-state index is 0.0175. The Morgan fingerprint density at radius 3 is 2.88 bits per heavy atom. The average Bonchev–Trinajstić information content (AvgIpc) is 3.23. The van der Waals surface area contributed by atoms with Gasteiger partial charge in [-0.2, -0.15) is 4.31 Å². The van der Waals surface area contributed by atoms with E-state index in [1.54, 1.807) is 19.1 Å². The first-order chi connectivity index (χ1) is 11.8. The molecule has 0 spiro atoms. The van der Waals surface area contributed by atoms with Gasteiger partial charge < -0.3 is 9.84 Å². The van der Waals surface area contributed by atoms with E-state index in [1.807, 2.05) is 6.92 Å². The van der Waals surface area contributed by atoms with Gasteiger partial charge in [0.15, 0.2) is 5.76 Å². The van der Waals surface area contributed by atoms with Crippen LogP contribution in [0.1, 0.15) is 23.4 Å². The van der Waals surface area contributed by atoms with Crippen LogP contribution in [-0.2, 0) is 14.8 Å². The number of nitrogens with zero attached hydrogens (tertiary/aromatic N) is 2. The van der Waals surface area contributed by atoms with Crippen molar-refractivity contribution >= 4 is 27.3 Å². The standard InChI is InChI=1S/C16H19N3O4S2/c1-9-5-13(23-18-9)14-7-15(10(2)24-14)25(21,22)19-4-3-11-6-16(20)17-12(11)8-19/h5,7,11-12H,3-4,6,8H2,1-2H3,(H,17,20)/t11-,12-/m1/s1. The quantitative estimate of drug-likeness (QED) is 0.877. The first kappa shape index (κ1) is 16.7. The van der Waals surface area contributed by atoms with Gasteiger partial charge >= 0.3 is 0 Å². The van der Waals surface area contributed by atoms with Gasteiger partial charge in [-0.05, 0) is 32.3 Å². The van der Waals surface area contributed by atoms with Crippen molar-refractivity contribution in [3.8, 4) is 10.6 Å². The molecule has 0 radical (unpaired) electrons. The molecule has 4 rings (SSSR count). The van der Waals surface area contributed by atoms with Gasteiger partial charge in [0, 0.05) is 36.5 Å². The molecule has 134 valence electrons. The molecule has 1 N–H and O–H groups in total. The highest BCUT2D eigenvalue weighted by molar-refractivity contribution is 7.89. The minimum Gasteiger partial charge on any atom is -0.355 e. The van der Waals surface area contributed by atoms with Crippen molar-refractivity contribution in [2.75, 3.05) is 13.1 Å². The zero-order chi connectivity index (χ0) is 17.8. The van der Waals surface area contributed by atoms with Crippen LogP contribution in [0.3, 0.4) is 0 Å². The molecule has 2 fully saturated rings. The summed E-state index contributed by atoms with van der Waals surface area (Å²) in [6.45, 7) is 4.41. The van der Waals surface area contributed by atoms with Crippen LogP contribution in [0.15, 0.2) is 21.6 Å². The third kappa shape index (κ3) is 2.90. The van der Waals surface area contributed by atoms with Crippen molar-refractivity contribution < 1.29 is 17.7 Å². The number of aryl methyl sites for hydroxylation is 2. The van der Waals surface area contributed by atoms with E-state index in [1.165, 1.54) is 15.6 Å². The van der Waals surface area contributed by atoms with Crippen LogP contribution in [0.2, 0.25) is 0 Å². The summed E-state index contributed by atoms with van der Waals surface area (Å²) in [4.78, 5) is 13.3. The van der Waals surface area contributed by atoms with Gasteiger partial charge in [0.2, 0.25) is 15.9 Å². The predicted molar refractivity (Wildman–Crippen MR) is 92.7 cm³/mol. The molecule has 2 aromatic heterocycles. The topological polar surface area (TPSA) is 92.5 Å². The summed E-state index contributed by atoms with van der Waals surface area (Å²) in [6.07, 6.45) is 1.21. The van der Waals surface area contributed by atoms with E-state index >= 15 is 0 Å². The molecule has 4 heterocycles. The number of amides is 1. The largest absolute Gasteiger partial charge is 0.355 e. The summed E-state index contributed by atoms with van der Waals surface area (Å²) in [6, 6.07) is 3.38. The molecule has 2 aromatic rings. The summed E-state index contributed by atoms with van der Waals surface area (Å²) >= 11 is 1.38. The monoisotopic (exact) mass is 381 g/mol. The zero-order valence-electron chi connectivity index (χ0n) is 14.0. The number of hydrogen-bond acceptors (Lipinski definition) is 6. The van der Waals surface area contributed by atoms with E-state index in [0.717, 1.165) is 15.4 Å². The number of fused-ring (bicyclic) bond motifs is 1. The van der Waals surface area contributed by atoms with Crippen LogP contribution in [0.4, 0.5) is 0 Å². The third-order valence-electron chi connectivity index (χ3n) is 4.87. The molecule has 0 saturated carbocycles. The maximum absolute atomic E-state index is 13.1. The molecule has 0 aliphatic carbocycles. The van der Waals surface area contributed by atoms with Crippen LogP contribution < -0.4 is 5.32 Å². The Kier molecular flexibility index (Phi) is 3.97. The molecular formula is C16H19N3O4S2. The zero-order valence-corrected chi connectivity index (χ0v) is 15.6. The van der Waals surface area contributed by atoms with Crippen LogP contribution >= 0.6 is 11.3 Å². The first-order valence-electron chi connectivity index (χ1n) is 8.18. The lowest BCUT2D eigenvalue weighted by Gasteiger charge is -2.33. The number of thiophene rings is 1. The van der Waals surface area contributed by atoms with Crippen molar-refractivity contribution in [1.29, 1.82) is 0 Å². The molecule has 25 heavy (non-hydrogen) atoms. The number of nitrogens with one attached hydrogen (secondary N) is 1. The fourth-order valence-corrected chi connectivity index (χ4v) is 6.55. The van der Waals surface area contributed by atoms with E-state index in [9.17, 15) is 13.2 Å².